The van der Waals surface area contributed by atoms with Crippen molar-refractivity contribution in [2.75, 3.05) is 0 Å². The zero-order chi connectivity index (χ0) is 33.0. The van der Waals surface area contributed by atoms with Crippen LogP contribution in [0.3, 0.4) is 0 Å². The van der Waals surface area contributed by atoms with Crippen molar-refractivity contribution in [3.63, 3.8) is 0 Å². The zero-order valence-corrected chi connectivity index (χ0v) is 27.7. The monoisotopic (exact) mass is 656 g/mol. The normalized spacial score (nSPS) is 11.6. The summed E-state index contributed by atoms with van der Waals surface area (Å²) in [6.45, 7) is 0. The second-order valence-electron chi connectivity index (χ2n) is 12.5. The Hall–Kier alpha value is -6.36. The number of nitrogens with zero attached hydrogens (tertiary/aromatic N) is 2. The molecule has 3 aromatic heterocycles. The van der Waals surface area contributed by atoms with E-state index in [0.717, 1.165) is 61.1 Å². The minimum atomic E-state index is 0.674. The molecule has 0 saturated carbocycles. The smallest absolute Gasteiger partial charge is 0.160 e. The van der Waals surface area contributed by atoms with Crippen molar-refractivity contribution in [3.05, 3.63) is 170 Å². The molecule has 0 aliphatic rings. The van der Waals surface area contributed by atoms with E-state index in [4.69, 9.17) is 14.4 Å². The Kier molecular flexibility index (Phi) is 6.68. The third kappa shape index (κ3) is 4.80. The Labute approximate surface area is 292 Å². The fourth-order valence-electron chi connectivity index (χ4n) is 7.08. The predicted octanol–water partition coefficient (Wildman–Crippen LogP) is 13.1. The maximum absolute atomic E-state index is 6.74. The Morgan fingerprint density at radius 1 is 0.400 bits per heavy atom. The molecule has 0 N–H and O–H groups in total. The highest BCUT2D eigenvalue weighted by Gasteiger charge is 2.20. The van der Waals surface area contributed by atoms with Gasteiger partial charge in [-0.25, -0.2) is 9.97 Å². The molecule has 0 amide bonds. The summed E-state index contributed by atoms with van der Waals surface area (Å²) in [7, 11) is 0. The average molecular weight is 657 g/mol. The van der Waals surface area contributed by atoms with E-state index in [1.165, 1.54) is 31.3 Å². The van der Waals surface area contributed by atoms with Crippen LogP contribution in [0.15, 0.2) is 174 Å². The van der Waals surface area contributed by atoms with Crippen molar-refractivity contribution in [2.45, 2.75) is 0 Å². The zero-order valence-electron chi connectivity index (χ0n) is 26.9. The molecule has 4 heteroatoms. The van der Waals surface area contributed by atoms with E-state index in [9.17, 15) is 0 Å². The van der Waals surface area contributed by atoms with Gasteiger partial charge in [-0.3, -0.25) is 0 Å². The first-order valence-electron chi connectivity index (χ1n) is 16.7. The topological polar surface area (TPSA) is 38.9 Å². The van der Waals surface area contributed by atoms with Crippen LogP contribution in [0.2, 0.25) is 0 Å². The summed E-state index contributed by atoms with van der Waals surface area (Å²) in [5.41, 5.74) is 10.9. The van der Waals surface area contributed by atoms with Crippen molar-refractivity contribution in [3.8, 4) is 56.2 Å². The molecule has 0 fully saturated rings. The van der Waals surface area contributed by atoms with Crippen molar-refractivity contribution in [2.24, 2.45) is 0 Å². The molecule has 7 aromatic carbocycles. The van der Waals surface area contributed by atoms with E-state index < -0.39 is 0 Å². The minimum Gasteiger partial charge on any atom is -0.455 e. The molecular weight excluding hydrogens is 629 g/mol. The summed E-state index contributed by atoms with van der Waals surface area (Å²) < 4.78 is 9.33. The van der Waals surface area contributed by atoms with E-state index >= 15 is 0 Å². The van der Waals surface area contributed by atoms with Crippen LogP contribution in [-0.4, -0.2) is 9.97 Å². The maximum Gasteiger partial charge on any atom is 0.160 e. The van der Waals surface area contributed by atoms with E-state index in [0.29, 0.717) is 5.82 Å². The van der Waals surface area contributed by atoms with Gasteiger partial charge in [-0.15, -0.1) is 11.3 Å². The van der Waals surface area contributed by atoms with E-state index in [1.807, 2.05) is 47.7 Å². The lowest BCUT2D eigenvalue weighted by molar-refractivity contribution is 0.670. The molecule has 10 aromatic rings. The van der Waals surface area contributed by atoms with Crippen LogP contribution in [-0.2, 0) is 0 Å². The fraction of sp³-hybridized carbons (Fsp3) is 0. The third-order valence-corrected chi connectivity index (χ3v) is 10.7. The number of rotatable bonds is 5. The molecule has 0 spiro atoms. The molecule has 0 bridgehead atoms. The van der Waals surface area contributed by atoms with Crippen molar-refractivity contribution < 1.29 is 4.42 Å². The molecule has 0 aliphatic carbocycles. The Bertz CT molecular complexity index is 2850. The Balaban J connectivity index is 1.18. The van der Waals surface area contributed by atoms with E-state index in [2.05, 4.69) is 133 Å². The molecule has 3 heterocycles. The van der Waals surface area contributed by atoms with E-state index in [1.54, 1.807) is 0 Å². The van der Waals surface area contributed by atoms with Gasteiger partial charge in [0.05, 0.1) is 11.4 Å². The van der Waals surface area contributed by atoms with Gasteiger partial charge < -0.3 is 4.42 Å². The molecule has 0 atom stereocenters. The molecule has 0 radical (unpaired) electrons. The van der Waals surface area contributed by atoms with Gasteiger partial charge in [0, 0.05) is 47.6 Å². The number of furan rings is 1. The largest absolute Gasteiger partial charge is 0.455 e. The van der Waals surface area contributed by atoms with Crippen LogP contribution in [0, 0.1) is 0 Å². The van der Waals surface area contributed by atoms with Crippen molar-refractivity contribution in [1.29, 1.82) is 0 Å². The van der Waals surface area contributed by atoms with Gasteiger partial charge in [0.25, 0.3) is 0 Å². The van der Waals surface area contributed by atoms with Gasteiger partial charge in [0.2, 0.25) is 0 Å². The van der Waals surface area contributed by atoms with Gasteiger partial charge >= 0.3 is 0 Å². The van der Waals surface area contributed by atoms with Crippen LogP contribution >= 0.6 is 11.3 Å². The standard InChI is InChI=1S/C46H28N2OS/c1-3-11-29(12-4-1)30-19-21-31(22-20-30)39-28-40(48-46(47-39)32-13-5-2-6-14-32)36-25-24-34(44-37-16-7-9-17-41(37)49-45(36)44)33-23-26-43-38(27-33)35-15-8-10-18-42(35)50-43/h1-28H. The van der Waals surface area contributed by atoms with Crippen LogP contribution in [0.1, 0.15) is 0 Å². The van der Waals surface area contributed by atoms with Gasteiger partial charge in [0.15, 0.2) is 5.82 Å². The lowest BCUT2D eigenvalue weighted by Gasteiger charge is -2.12. The third-order valence-electron chi connectivity index (χ3n) is 9.54. The molecule has 0 unspecified atom stereocenters. The second kappa shape index (κ2) is 11.7. The van der Waals surface area contributed by atoms with Gasteiger partial charge in [-0.2, -0.15) is 0 Å². The van der Waals surface area contributed by atoms with Crippen LogP contribution < -0.4 is 0 Å². The van der Waals surface area contributed by atoms with Gasteiger partial charge in [-0.05, 0) is 58.7 Å². The lowest BCUT2D eigenvalue weighted by Crippen LogP contribution is -1.96. The highest BCUT2D eigenvalue weighted by molar-refractivity contribution is 7.25. The van der Waals surface area contributed by atoms with Crippen LogP contribution in [0.25, 0.3) is 98.3 Å². The number of hydrogen-bond donors (Lipinski definition) is 0. The number of para-hydroxylation sites is 1. The molecular formula is C46H28N2OS. The molecule has 10 rings (SSSR count). The average Bonchev–Trinajstić information content (AvgIpc) is 3.77. The molecule has 0 saturated heterocycles. The quantitative estimate of drug-likeness (QED) is 0.185. The Morgan fingerprint density at radius 2 is 1.00 bits per heavy atom. The van der Waals surface area contributed by atoms with Gasteiger partial charge in [0.1, 0.15) is 11.2 Å². The summed E-state index contributed by atoms with van der Waals surface area (Å²) >= 11 is 1.84. The highest BCUT2D eigenvalue weighted by Crippen LogP contribution is 2.44. The first kappa shape index (κ1) is 28.6. The number of hydrogen-bond acceptors (Lipinski definition) is 4. The summed E-state index contributed by atoms with van der Waals surface area (Å²) in [5.74, 6) is 0.674. The summed E-state index contributed by atoms with van der Waals surface area (Å²) in [6.07, 6.45) is 0. The molecule has 234 valence electrons. The van der Waals surface area contributed by atoms with E-state index in [-0.39, 0.29) is 0 Å². The number of benzene rings is 7. The molecule has 50 heavy (non-hydrogen) atoms. The van der Waals surface area contributed by atoms with Gasteiger partial charge in [-0.1, -0.05) is 133 Å². The number of thiophene rings is 1. The maximum atomic E-state index is 6.74. The van der Waals surface area contributed by atoms with Crippen molar-refractivity contribution >= 4 is 53.4 Å². The van der Waals surface area contributed by atoms with Crippen LogP contribution in [0.4, 0.5) is 0 Å². The van der Waals surface area contributed by atoms with Crippen molar-refractivity contribution in [1.82, 2.24) is 9.97 Å². The second-order valence-corrected chi connectivity index (χ2v) is 13.6. The summed E-state index contributed by atoms with van der Waals surface area (Å²) in [4.78, 5) is 10.3. The SMILES string of the molecule is c1ccc(-c2ccc(-c3cc(-c4ccc(-c5ccc6sc7ccccc7c6c5)c5c4oc4ccccc45)nc(-c4ccccc4)n3)cc2)cc1. The fourth-order valence-corrected chi connectivity index (χ4v) is 8.16. The highest BCUT2D eigenvalue weighted by atomic mass is 32.1. The summed E-state index contributed by atoms with van der Waals surface area (Å²) in [5, 5.41) is 4.74. The molecule has 3 nitrogen and oxygen atoms in total. The molecule has 0 aliphatic heterocycles. The first-order valence-corrected chi connectivity index (χ1v) is 17.6. The lowest BCUT2D eigenvalue weighted by atomic mass is 9.95. The van der Waals surface area contributed by atoms with Crippen LogP contribution in [0.5, 0.6) is 0 Å². The Morgan fingerprint density at radius 3 is 1.82 bits per heavy atom. The first-order chi connectivity index (χ1) is 24.8. The number of fused-ring (bicyclic) bond motifs is 6. The summed E-state index contributed by atoms with van der Waals surface area (Å²) in [6, 6.07) is 59.5. The number of aromatic nitrogens is 2. The minimum absolute atomic E-state index is 0.674. The predicted molar refractivity (Wildman–Crippen MR) is 209 cm³/mol.